The molecule has 3 rings (SSSR count). The van der Waals surface area contributed by atoms with Crippen LogP contribution in [0.5, 0.6) is 0 Å². The Bertz CT molecular complexity index is 695. The monoisotopic (exact) mass is 308 g/mol. The van der Waals surface area contributed by atoms with Crippen molar-refractivity contribution in [2.75, 3.05) is 18.4 Å². The Hall–Kier alpha value is -1.85. The minimum absolute atomic E-state index is 0. The van der Waals surface area contributed by atoms with E-state index in [4.69, 9.17) is 4.42 Å². The SMILES string of the molecule is Cl.O=C(CNCC1CC1)Nc1ccc2oc(=O)ccc2c1. The van der Waals surface area contributed by atoms with Gasteiger partial charge in [0.05, 0.1) is 6.54 Å². The van der Waals surface area contributed by atoms with Gasteiger partial charge >= 0.3 is 5.63 Å². The van der Waals surface area contributed by atoms with Crippen molar-refractivity contribution in [3.05, 3.63) is 40.8 Å². The summed E-state index contributed by atoms with van der Waals surface area (Å²) in [4.78, 5) is 22.8. The smallest absolute Gasteiger partial charge is 0.336 e. The number of nitrogens with one attached hydrogen (secondary N) is 2. The van der Waals surface area contributed by atoms with Gasteiger partial charge in [0, 0.05) is 17.1 Å². The number of hydrogen-bond donors (Lipinski definition) is 2. The average molecular weight is 309 g/mol. The quantitative estimate of drug-likeness (QED) is 0.830. The first-order valence-electron chi connectivity index (χ1n) is 6.75. The molecule has 1 aromatic heterocycles. The minimum Gasteiger partial charge on any atom is -0.423 e. The second kappa shape index (κ2) is 6.74. The Morgan fingerprint density at radius 2 is 2.05 bits per heavy atom. The third-order valence-corrected chi connectivity index (χ3v) is 3.32. The van der Waals surface area contributed by atoms with E-state index in [-0.39, 0.29) is 23.9 Å². The van der Waals surface area contributed by atoms with E-state index in [1.165, 1.54) is 18.9 Å². The molecule has 112 valence electrons. The van der Waals surface area contributed by atoms with Crippen LogP contribution < -0.4 is 16.3 Å². The fourth-order valence-electron chi connectivity index (χ4n) is 2.07. The van der Waals surface area contributed by atoms with Crippen molar-refractivity contribution in [2.24, 2.45) is 5.92 Å². The summed E-state index contributed by atoms with van der Waals surface area (Å²) in [5.41, 5.74) is 0.838. The lowest BCUT2D eigenvalue weighted by atomic mass is 10.2. The van der Waals surface area contributed by atoms with Crippen molar-refractivity contribution in [1.29, 1.82) is 0 Å². The number of hydrogen-bond acceptors (Lipinski definition) is 4. The van der Waals surface area contributed by atoms with Crippen molar-refractivity contribution in [2.45, 2.75) is 12.8 Å². The van der Waals surface area contributed by atoms with E-state index in [1.54, 1.807) is 24.3 Å². The molecule has 1 aliphatic carbocycles. The zero-order chi connectivity index (χ0) is 13.9. The average Bonchev–Trinajstić information content (AvgIpc) is 3.23. The summed E-state index contributed by atoms with van der Waals surface area (Å²) in [5, 5.41) is 6.75. The zero-order valence-electron chi connectivity index (χ0n) is 11.4. The van der Waals surface area contributed by atoms with Crippen molar-refractivity contribution >= 4 is 35.0 Å². The highest BCUT2D eigenvalue weighted by Crippen LogP contribution is 2.27. The van der Waals surface area contributed by atoms with Crippen LogP contribution in [-0.4, -0.2) is 19.0 Å². The van der Waals surface area contributed by atoms with Crippen LogP contribution in [0.3, 0.4) is 0 Å². The predicted molar refractivity (Wildman–Crippen MR) is 84.0 cm³/mol. The van der Waals surface area contributed by atoms with Crippen LogP contribution in [0.15, 0.2) is 39.5 Å². The van der Waals surface area contributed by atoms with Crippen molar-refractivity contribution < 1.29 is 9.21 Å². The summed E-state index contributed by atoms with van der Waals surface area (Å²) in [5.74, 6) is 0.689. The molecule has 1 fully saturated rings. The van der Waals surface area contributed by atoms with Crippen molar-refractivity contribution in [1.82, 2.24) is 5.32 Å². The summed E-state index contributed by atoms with van der Waals surface area (Å²) in [6.07, 6.45) is 2.54. The standard InChI is InChI=1S/C15H16N2O3.ClH/c18-14(9-16-8-10-1-2-10)17-12-4-5-13-11(7-12)3-6-15(19)20-13;/h3-7,10,16H,1-2,8-9H2,(H,17,18);1H. The van der Waals surface area contributed by atoms with Gasteiger partial charge in [0.2, 0.25) is 5.91 Å². The van der Waals surface area contributed by atoms with E-state index in [2.05, 4.69) is 10.6 Å². The van der Waals surface area contributed by atoms with Crippen LogP contribution in [0.4, 0.5) is 5.69 Å². The largest absolute Gasteiger partial charge is 0.423 e. The summed E-state index contributed by atoms with van der Waals surface area (Å²) in [6, 6.07) is 8.25. The van der Waals surface area contributed by atoms with Gasteiger partial charge in [-0.05, 0) is 49.6 Å². The molecule has 0 radical (unpaired) electrons. The summed E-state index contributed by atoms with van der Waals surface area (Å²) in [6.45, 7) is 1.23. The lowest BCUT2D eigenvalue weighted by Gasteiger charge is -2.07. The maximum atomic E-state index is 11.8. The Kier molecular flexibility index (Phi) is 4.98. The number of anilines is 1. The molecule has 5 nitrogen and oxygen atoms in total. The van der Waals surface area contributed by atoms with Gasteiger partial charge in [0.25, 0.3) is 0 Å². The van der Waals surface area contributed by atoms with Crippen LogP contribution >= 0.6 is 12.4 Å². The van der Waals surface area contributed by atoms with Crippen molar-refractivity contribution in [3.63, 3.8) is 0 Å². The molecule has 0 unspecified atom stereocenters. The van der Waals surface area contributed by atoms with Gasteiger partial charge < -0.3 is 15.1 Å². The molecule has 0 bridgehead atoms. The first-order chi connectivity index (χ1) is 9.70. The summed E-state index contributed by atoms with van der Waals surface area (Å²) < 4.78 is 5.04. The Balaban J connectivity index is 0.00000161. The van der Waals surface area contributed by atoms with E-state index < -0.39 is 0 Å². The molecule has 0 saturated heterocycles. The van der Waals surface area contributed by atoms with Crippen LogP contribution in [0.25, 0.3) is 11.0 Å². The maximum absolute atomic E-state index is 11.8. The second-order valence-corrected chi connectivity index (χ2v) is 5.13. The highest BCUT2D eigenvalue weighted by Gasteiger charge is 2.20. The van der Waals surface area contributed by atoms with Crippen LogP contribution in [0, 0.1) is 5.92 Å². The fraction of sp³-hybridized carbons (Fsp3) is 0.333. The van der Waals surface area contributed by atoms with Crippen LogP contribution in [0.2, 0.25) is 0 Å². The first kappa shape index (κ1) is 15.5. The van der Waals surface area contributed by atoms with Crippen molar-refractivity contribution in [3.8, 4) is 0 Å². The maximum Gasteiger partial charge on any atom is 0.336 e. The molecule has 1 saturated carbocycles. The molecule has 1 aliphatic rings. The third-order valence-electron chi connectivity index (χ3n) is 3.32. The third kappa shape index (κ3) is 4.31. The Labute approximate surface area is 128 Å². The number of halogens is 1. The normalized spacial score (nSPS) is 13.7. The van der Waals surface area contributed by atoms with E-state index in [1.807, 2.05) is 0 Å². The lowest BCUT2D eigenvalue weighted by Crippen LogP contribution is -2.29. The highest BCUT2D eigenvalue weighted by atomic mass is 35.5. The number of carbonyl (C=O) groups excluding carboxylic acids is 1. The number of benzene rings is 1. The molecule has 0 aliphatic heterocycles. The lowest BCUT2D eigenvalue weighted by molar-refractivity contribution is -0.115. The number of rotatable bonds is 5. The Morgan fingerprint density at radius 3 is 2.81 bits per heavy atom. The molecule has 6 heteroatoms. The van der Waals surface area contributed by atoms with E-state index in [0.717, 1.165) is 17.8 Å². The molecule has 21 heavy (non-hydrogen) atoms. The molecule has 1 amide bonds. The van der Waals surface area contributed by atoms with Gasteiger partial charge in [-0.1, -0.05) is 0 Å². The van der Waals surface area contributed by atoms with Crippen LogP contribution in [0.1, 0.15) is 12.8 Å². The highest BCUT2D eigenvalue weighted by molar-refractivity contribution is 5.94. The fourth-order valence-corrected chi connectivity index (χ4v) is 2.07. The Morgan fingerprint density at radius 1 is 1.24 bits per heavy atom. The molecule has 2 N–H and O–H groups in total. The zero-order valence-corrected chi connectivity index (χ0v) is 12.2. The van der Waals surface area contributed by atoms with Gasteiger partial charge in [-0.15, -0.1) is 12.4 Å². The van der Waals surface area contributed by atoms with E-state index >= 15 is 0 Å². The predicted octanol–water partition coefficient (Wildman–Crippen LogP) is 2.15. The number of amides is 1. The summed E-state index contributed by atoms with van der Waals surface area (Å²) >= 11 is 0. The van der Waals surface area contributed by atoms with Gasteiger partial charge in [-0.25, -0.2) is 4.79 Å². The van der Waals surface area contributed by atoms with Gasteiger partial charge in [-0.2, -0.15) is 0 Å². The number of carbonyl (C=O) groups is 1. The molecule has 1 heterocycles. The van der Waals surface area contributed by atoms with E-state index in [0.29, 0.717) is 17.8 Å². The number of fused-ring (bicyclic) bond motifs is 1. The first-order valence-corrected chi connectivity index (χ1v) is 6.75. The van der Waals surface area contributed by atoms with Gasteiger partial charge in [-0.3, -0.25) is 4.79 Å². The van der Waals surface area contributed by atoms with E-state index in [9.17, 15) is 9.59 Å². The topological polar surface area (TPSA) is 71.3 Å². The second-order valence-electron chi connectivity index (χ2n) is 5.13. The summed E-state index contributed by atoms with van der Waals surface area (Å²) in [7, 11) is 0. The molecule has 0 atom stereocenters. The molecular formula is C15H17ClN2O3. The molecular weight excluding hydrogens is 292 g/mol. The van der Waals surface area contributed by atoms with Crippen LogP contribution in [-0.2, 0) is 4.79 Å². The molecule has 0 spiro atoms. The minimum atomic E-state index is -0.376. The van der Waals surface area contributed by atoms with Gasteiger partial charge in [0.1, 0.15) is 5.58 Å². The van der Waals surface area contributed by atoms with Gasteiger partial charge in [0.15, 0.2) is 0 Å². The molecule has 2 aromatic rings. The molecule has 1 aromatic carbocycles.